The maximum absolute atomic E-state index is 13.2. The number of carbonyl (C=O) groups is 2. The van der Waals surface area contributed by atoms with Crippen molar-refractivity contribution in [2.45, 2.75) is 6.92 Å². The molecule has 2 heterocycles. The molecular formula is C30H25N3O6. The fourth-order valence-electron chi connectivity index (χ4n) is 4.12. The Morgan fingerprint density at radius 1 is 1.00 bits per heavy atom. The molecular weight excluding hydrogens is 498 g/mol. The van der Waals surface area contributed by atoms with Gasteiger partial charge in [0.1, 0.15) is 11.4 Å². The average molecular weight is 524 g/mol. The van der Waals surface area contributed by atoms with E-state index >= 15 is 0 Å². The van der Waals surface area contributed by atoms with Crippen LogP contribution < -0.4 is 19.6 Å². The van der Waals surface area contributed by atoms with E-state index in [1.165, 1.54) is 25.7 Å². The number of fused-ring (bicyclic) bond motifs is 1. The van der Waals surface area contributed by atoms with E-state index in [4.69, 9.17) is 18.6 Å². The summed E-state index contributed by atoms with van der Waals surface area (Å²) in [5.74, 6) is 0.280. The quantitative estimate of drug-likeness (QED) is 0.109. The van der Waals surface area contributed by atoms with Crippen molar-refractivity contribution in [1.29, 1.82) is 0 Å². The Kier molecular flexibility index (Phi) is 7.40. The number of aromatic amines is 1. The van der Waals surface area contributed by atoms with Crippen molar-refractivity contribution in [3.05, 3.63) is 102 Å². The summed E-state index contributed by atoms with van der Waals surface area (Å²) in [6.07, 6.45) is 2.86. The molecule has 2 aromatic heterocycles. The molecule has 196 valence electrons. The van der Waals surface area contributed by atoms with Crippen LogP contribution in [0.4, 0.5) is 0 Å². The molecule has 0 spiro atoms. The first kappa shape index (κ1) is 25.3. The zero-order valence-electron chi connectivity index (χ0n) is 21.3. The number of benzene rings is 3. The summed E-state index contributed by atoms with van der Waals surface area (Å²) < 4.78 is 21.5. The molecule has 0 fully saturated rings. The van der Waals surface area contributed by atoms with Crippen molar-refractivity contribution in [3.63, 3.8) is 0 Å². The van der Waals surface area contributed by atoms with E-state index in [0.29, 0.717) is 23.6 Å². The standard InChI is InChI=1S/C30H25N3O6/c1-3-37-21-12-13-23-22(17-21)27(20-8-5-4-6-9-20)28(32-23)29(34)33-31-18-19-11-14-24(26(16-19)36-2)39-30(35)25-10-7-15-38-25/h4-18,32H,3H2,1-2H3,(H,33,34). The molecule has 39 heavy (non-hydrogen) atoms. The highest BCUT2D eigenvalue weighted by Gasteiger charge is 2.20. The Balaban J connectivity index is 1.37. The van der Waals surface area contributed by atoms with Gasteiger partial charge in [0.15, 0.2) is 11.5 Å². The number of H-pyrrole nitrogens is 1. The molecule has 9 heteroatoms. The van der Waals surface area contributed by atoms with Gasteiger partial charge in [0.05, 0.1) is 26.2 Å². The Bertz CT molecular complexity index is 1640. The molecule has 1 amide bonds. The third kappa shape index (κ3) is 5.52. The molecule has 0 aliphatic rings. The van der Waals surface area contributed by atoms with Crippen LogP contribution in [0.25, 0.3) is 22.0 Å². The van der Waals surface area contributed by atoms with Crippen LogP contribution in [0.1, 0.15) is 33.5 Å². The van der Waals surface area contributed by atoms with Gasteiger partial charge in [-0.1, -0.05) is 30.3 Å². The van der Waals surface area contributed by atoms with Gasteiger partial charge in [0, 0.05) is 16.5 Å². The van der Waals surface area contributed by atoms with Gasteiger partial charge in [-0.3, -0.25) is 4.79 Å². The van der Waals surface area contributed by atoms with E-state index in [1.807, 2.05) is 55.5 Å². The fraction of sp³-hybridized carbons (Fsp3) is 0.100. The number of esters is 1. The topological polar surface area (TPSA) is 115 Å². The largest absolute Gasteiger partial charge is 0.494 e. The third-order valence-electron chi connectivity index (χ3n) is 5.86. The number of nitrogens with zero attached hydrogens (tertiary/aromatic N) is 1. The lowest BCUT2D eigenvalue weighted by molar-refractivity contribution is 0.0696. The van der Waals surface area contributed by atoms with E-state index < -0.39 is 11.9 Å². The maximum Gasteiger partial charge on any atom is 0.379 e. The summed E-state index contributed by atoms with van der Waals surface area (Å²) >= 11 is 0. The van der Waals surface area contributed by atoms with E-state index in [2.05, 4.69) is 15.5 Å². The van der Waals surface area contributed by atoms with E-state index in [0.717, 1.165) is 27.8 Å². The highest BCUT2D eigenvalue weighted by atomic mass is 16.6. The molecule has 0 unspecified atom stereocenters. The lowest BCUT2D eigenvalue weighted by Gasteiger charge is -2.09. The number of carbonyl (C=O) groups excluding carboxylic acids is 2. The second-order valence-corrected chi connectivity index (χ2v) is 8.36. The molecule has 5 aromatic rings. The Hall–Kier alpha value is -5.31. The van der Waals surface area contributed by atoms with E-state index in [1.54, 1.807) is 24.3 Å². The predicted octanol–water partition coefficient (Wildman–Crippen LogP) is 5.82. The highest BCUT2D eigenvalue weighted by molar-refractivity contribution is 6.10. The van der Waals surface area contributed by atoms with Gasteiger partial charge in [0.2, 0.25) is 5.76 Å². The SMILES string of the molecule is CCOc1ccc2[nH]c(C(=O)NN=Cc3ccc(OC(=O)c4ccco4)c(OC)c3)c(-c3ccccc3)c2c1. The molecule has 0 bridgehead atoms. The van der Waals surface area contributed by atoms with Crippen molar-refractivity contribution in [2.24, 2.45) is 5.10 Å². The number of furan rings is 1. The molecule has 5 rings (SSSR count). The number of ether oxygens (including phenoxy) is 3. The zero-order chi connectivity index (χ0) is 27.2. The molecule has 0 radical (unpaired) electrons. The van der Waals surface area contributed by atoms with Gasteiger partial charge >= 0.3 is 5.97 Å². The normalized spacial score (nSPS) is 11.0. The fourth-order valence-corrected chi connectivity index (χ4v) is 4.12. The number of hydrogen-bond acceptors (Lipinski definition) is 7. The smallest absolute Gasteiger partial charge is 0.379 e. The van der Waals surface area contributed by atoms with E-state index in [9.17, 15) is 9.59 Å². The third-order valence-corrected chi connectivity index (χ3v) is 5.86. The number of methoxy groups -OCH3 is 1. The second-order valence-electron chi connectivity index (χ2n) is 8.36. The summed E-state index contributed by atoms with van der Waals surface area (Å²) in [6.45, 7) is 2.46. The number of rotatable bonds is 9. The number of hydrogen-bond donors (Lipinski definition) is 2. The Labute approximate surface area is 224 Å². The van der Waals surface area contributed by atoms with Crippen LogP contribution in [-0.4, -0.2) is 36.8 Å². The average Bonchev–Trinajstić information content (AvgIpc) is 3.63. The van der Waals surface area contributed by atoms with Crippen LogP contribution >= 0.6 is 0 Å². The molecule has 3 aromatic carbocycles. The monoisotopic (exact) mass is 523 g/mol. The molecule has 0 saturated carbocycles. The van der Waals surface area contributed by atoms with Gasteiger partial charge in [-0.15, -0.1) is 0 Å². The number of nitrogens with one attached hydrogen (secondary N) is 2. The lowest BCUT2D eigenvalue weighted by atomic mass is 10.0. The first-order valence-electron chi connectivity index (χ1n) is 12.2. The van der Waals surface area contributed by atoms with Crippen LogP contribution in [0.3, 0.4) is 0 Å². The predicted molar refractivity (Wildman–Crippen MR) is 147 cm³/mol. The van der Waals surface area contributed by atoms with Gasteiger partial charge in [-0.05, 0) is 66.6 Å². The minimum Gasteiger partial charge on any atom is -0.494 e. The molecule has 0 atom stereocenters. The maximum atomic E-state index is 13.2. The number of aromatic nitrogens is 1. The first-order chi connectivity index (χ1) is 19.1. The second kappa shape index (κ2) is 11.4. The van der Waals surface area contributed by atoms with Crippen molar-refractivity contribution in [2.75, 3.05) is 13.7 Å². The van der Waals surface area contributed by atoms with Gasteiger partial charge < -0.3 is 23.6 Å². The molecule has 9 nitrogen and oxygen atoms in total. The molecule has 2 N–H and O–H groups in total. The number of hydrazone groups is 1. The van der Waals surface area contributed by atoms with Gasteiger partial charge in [0.25, 0.3) is 5.91 Å². The number of amides is 1. The van der Waals surface area contributed by atoms with Crippen molar-refractivity contribution < 1.29 is 28.2 Å². The molecule has 0 saturated heterocycles. The summed E-state index contributed by atoms with van der Waals surface area (Å²) in [7, 11) is 1.46. The van der Waals surface area contributed by atoms with Crippen LogP contribution in [0.15, 0.2) is 94.6 Å². The molecule has 0 aliphatic heterocycles. The van der Waals surface area contributed by atoms with Crippen molar-refractivity contribution in [3.8, 4) is 28.4 Å². The summed E-state index contributed by atoms with van der Waals surface area (Å²) in [6, 6.07) is 23.3. The molecule has 0 aliphatic carbocycles. The van der Waals surface area contributed by atoms with Gasteiger partial charge in [-0.2, -0.15) is 5.10 Å². The summed E-state index contributed by atoms with van der Waals surface area (Å²) in [4.78, 5) is 28.7. The summed E-state index contributed by atoms with van der Waals surface area (Å²) in [5, 5.41) is 5.00. The van der Waals surface area contributed by atoms with Crippen LogP contribution in [0, 0.1) is 0 Å². The van der Waals surface area contributed by atoms with Crippen LogP contribution in [0.5, 0.6) is 17.2 Å². The lowest BCUT2D eigenvalue weighted by Crippen LogP contribution is -2.18. The minimum absolute atomic E-state index is 0.0753. The Morgan fingerprint density at radius 2 is 1.85 bits per heavy atom. The Morgan fingerprint density at radius 3 is 2.59 bits per heavy atom. The minimum atomic E-state index is -0.645. The highest BCUT2D eigenvalue weighted by Crippen LogP contribution is 2.35. The van der Waals surface area contributed by atoms with Gasteiger partial charge in [-0.25, -0.2) is 10.2 Å². The van der Waals surface area contributed by atoms with Crippen molar-refractivity contribution in [1.82, 2.24) is 10.4 Å². The van der Waals surface area contributed by atoms with Crippen LogP contribution in [-0.2, 0) is 0 Å². The first-order valence-corrected chi connectivity index (χ1v) is 12.2. The zero-order valence-corrected chi connectivity index (χ0v) is 21.3. The van der Waals surface area contributed by atoms with E-state index in [-0.39, 0.29) is 11.5 Å². The van der Waals surface area contributed by atoms with Crippen LogP contribution in [0.2, 0.25) is 0 Å². The van der Waals surface area contributed by atoms with Crippen molar-refractivity contribution >= 4 is 29.0 Å². The summed E-state index contributed by atoms with van der Waals surface area (Å²) in [5.41, 5.74) is 6.02.